The van der Waals surface area contributed by atoms with E-state index in [0.29, 0.717) is 11.4 Å². The topological polar surface area (TPSA) is 67.2 Å². The number of nitrogens with one attached hydrogen (secondary N) is 1. The molecule has 1 rings (SSSR count). The monoisotopic (exact) mass is 227 g/mol. The average molecular weight is 228 g/mol. The van der Waals surface area contributed by atoms with Crippen LogP contribution >= 0.6 is 12.4 Å². The second-order valence-electron chi connectivity index (χ2n) is 3.11. The van der Waals surface area contributed by atoms with Gasteiger partial charge in [-0.1, -0.05) is 24.3 Å². The van der Waals surface area contributed by atoms with Gasteiger partial charge in [-0.05, 0) is 5.56 Å². The van der Waals surface area contributed by atoms with Gasteiger partial charge in [0.15, 0.2) is 0 Å². The summed E-state index contributed by atoms with van der Waals surface area (Å²) in [5, 5.41) is 18.1. The number of hydrogen-bond donors (Lipinski definition) is 1. The van der Waals surface area contributed by atoms with Gasteiger partial charge in [-0.25, -0.2) is 0 Å². The van der Waals surface area contributed by atoms with Crippen LogP contribution in [0.4, 0.5) is 0 Å². The molecule has 0 saturated carbocycles. The molecular formula is C10H12ClN2O2-. The number of halogens is 1. The highest BCUT2D eigenvalue weighted by atomic mass is 35.5. The molecule has 0 radical (unpaired) electrons. The molecule has 1 aromatic carbocycles. The normalized spacial score (nSPS) is 8.93. The Balaban J connectivity index is 0.00000196. The van der Waals surface area contributed by atoms with E-state index in [1.54, 1.807) is 31.1 Å². The predicted molar refractivity (Wildman–Crippen MR) is 58.5 cm³/mol. The number of carboxylic acids is 1. The molecule has 0 atom stereocenters. The summed E-state index contributed by atoms with van der Waals surface area (Å²) in [6, 6.07) is 6.05. The SMILES string of the molecule is CN(C)C(=N)c1ccc(C(=O)[O-])cc1.Cl. The Kier molecular flexibility index (Phi) is 4.81. The molecule has 0 amide bonds. The molecule has 15 heavy (non-hydrogen) atoms. The van der Waals surface area contributed by atoms with Crippen LogP contribution in [0.25, 0.3) is 0 Å². The molecule has 0 aliphatic carbocycles. The Labute approximate surface area is 94.4 Å². The average Bonchev–Trinajstić information content (AvgIpc) is 2.16. The highest BCUT2D eigenvalue weighted by Crippen LogP contribution is 2.05. The van der Waals surface area contributed by atoms with Crippen molar-refractivity contribution in [2.24, 2.45) is 0 Å². The van der Waals surface area contributed by atoms with Crippen LogP contribution in [0.5, 0.6) is 0 Å². The van der Waals surface area contributed by atoms with Crippen LogP contribution < -0.4 is 5.11 Å². The summed E-state index contributed by atoms with van der Waals surface area (Å²) in [5.41, 5.74) is 0.806. The van der Waals surface area contributed by atoms with E-state index in [2.05, 4.69) is 0 Å². The van der Waals surface area contributed by atoms with E-state index in [0.717, 1.165) is 0 Å². The molecule has 1 N–H and O–H groups in total. The first-order valence-corrected chi connectivity index (χ1v) is 4.10. The van der Waals surface area contributed by atoms with Crippen molar-refractivity contribution in [3.63, 3.8) is 0 Å². The van der Waals surface area contributed by atoms with Crippen LogP contribution in [0, 0.1) is 5.41 Å². The molecule has 0 unspecified atom stereocenters. The third-order valence-electron chi connectivity index (χ3n) is 1.84. The minimum absolute atomic E-state index is 0. The second kappa shape index (κ2) is 5.36. The zero-order chi connectivity index (χ0) is 10.7. The van der Waals surface area contributed by atoms with Crippen molar-refractivity contribution >= 4 is 24.2 Å². The van der Waals surface area contributed by atoms with Gasteiger partial charge in [0.2, 0.25) is 0 Å². The van der Waals surface area contributed by atoms with E-state index in [1.807, 2.05) is 0 Å². The van der Waals surface area contributed by atoms with Gasteiger partial charge in [-0.15, -0.1) is 12.4 Å². The van der Waals surface area contributed by atoms with Crippen molar-refractivity contribution in [2.45, 2.75) is 0 Å². The highest BCUT2D eigenvalue weighted by molar-refractivity contribution is 5.97. The summed E-state index contributed by atoms with van der Waals surface area (Å²) in [6.45, 7) is 0. The molecule has 5 heteroatoms. The van der Waals surface area contributed by atoms with Crippen molar-refractivity contribution in [1.82, 2.24) is 4.90 Å². The smallest absolute Gasteiger partial charge is 0.127 e. The van der Waals surface area contributed by atoms with E-state index in [9.17, 15) is 9.90 Å². The molecule has 0 aliphatic heterocycles. The van der Waals surface area contributed by atoms with Gasteiger partial charge in [0, 0.05) is 19.7 Å². The van der Waals surface area contributed by atoms with E-state index < -0.39 is 5.97 Å². The third-order valence-corrected chi connectivity index (χ3v) is 1.84. The number of benzene rings is 1. The fourth-order valence-corrected chi connectivity index (χ4v) is 1.02. The van der Waals surface area contributed by atoms with Crippen LogP contribution in [0.2, 0.25) is 0 Å². The van der Waals surface area contributed by atoms with Gasteiger partial charge in [0.1, 0.15) is 5.84 Å². The summed E-state index contributed by atoms with van der Waals surface area (Å²) in [4.78, 5) is 12.1. The largest absolute Gasteiger partial charge is 0.545 e. The van der Waals surface area contributed by atoms with Gasteiger partial charge in [-0.3, -0.25) is 5.41 Å². The Morgan fingerprint density at radius 3 is 1.93 bits per heavy atom. The van der Waals surface area contributed by atoms with E-state index in [1.165, 1.54) is 12.1 Å². The maximum atomic E-state index is 10.4. The minimum atomic E-state index is -1.20. The second-order valence-corrected chi connectivity index (χ2v) is 3.11. The molecule has 1 aromatic rings. The fraction of sp³-hybridized carbons (Fsp3) is 0.200. The Morgan fingerprint density at radius 2 is 1.60 bits per heavy atom. The van der Waals surface area contributed by atoms with Crippen molar-refractivity contribution in [2.75, 3.05) is 14.1 Å². The lowest BCUT2D eigenvalue weighted by Gasteiger charge is -2.13. The number of carboxylic acid groups (broad SMARTS) is 1. The fourth-order valence-electron chi connectivity index (χ4n) is 1.02. The van der Waals surface area contributed by atoms with Crippen molar-refractivity contribution in [3.05, 3.63) is 35.4 Å². The zero-order valence-electron chi connectivity index (χ0n) is 8.48. The number of carbonyl (C=O) groups excluding carboxylic acids is 1. The molecule has 4 nitrogen and oxygen atoms in total. The first kappa shape index (κ1) is 13.4. The number of hydrogen-bond acceptors (Lipinski definition) is 3. The molecule has 0 spiro atoms. The lowest BCUT2D eigenvalue weighted by Crippen LogP contribution is -2.23. The number of carbonyl (C=O) groups is 1. The van der Waals surface area contributed by atoms with Crippen molar-refractivity contribution < 1.29 is 9.90 Å². The predicted octanol–water partition coefficient (Wildman–Crippen LogP) is 0.359. The van der Waals surface area contributed by atoms with Gasteiger partial charge in [-0.2, -0.15) is 0 Å². The van der Waals surface area contributed by atoms with Crippen LogP contribution in [0.3, 0.4) is 0 Å². The van der Waals surface area contributed by atoms with Crippen LogP contribution in [0.15, 0.2) is 24.3 Å². The number of amidine groups is 1. The Bertz CT molecular complexity index is 360. The summed E-state index contributed by atoms with van der Waals surface area (Å²) in [5.74, 6) is -0.858. The summed E-state index contributed by atoms with van der Waals surface area (Å²) >= 11 is 0. The third kappa shape index (κ3) is 3.25. The van der Waals surface area contributed by atoms with Gasteiger partial charge in [0.25, 0.3) is 0 Å². The Hall–Kier alpha value is -1.55. The first-order valence-electron chi connectivity index (χ1n) is 4.10. The Morgan fingerprint density at radius 1 is 1.20 bits per heavy atom. The van der Waals surface area contributed by atoms with E-state index >= 15 is 0 Å². The van der Waals surface area contributed by atoms with E-state index in [-0.39, 0.29) is 18.0 Å². The standard InChI is InChI=1S/C10H12N2O2.ClH/c1-12(2)9(11)7-3-5-8(6-4-7)10(13)14;/h3-6,11H,1-2H3,(H,13,14);1H/p-1. The lowest BCUT2D eigenvalue weighted by molar-refractivity contribution is -0.255. The maximum Gasteiger partial charge on any atom is 0.127 e. The van der Waals surface area contributed by atoms with Gasteiger partial charge in [0.05, 0.1) is 5.97 Å². The molecular weight excluding hydrogens is 216 g/mol. The van der Waals surface area contributed by atoms with Crippen molar-refractivity contribution in [3.8, 4) is 0 Å². The van der Waals surface area contributed by atoms with Crippen LogP contribution in [-0.2, 0) is 0 Å². The molecule has 82 valence electrons. The quantitative estimate of drug-likeness (QED) is 0.586. The molecule has 0 aromatic heterocycles. The molecule has 0 fully saturated rings. The number of aromatic carboxylic acids is 1. The van der Waals surface area contributed by atoms with Gasteiger partial charge >= 0.3 is 0 Å². The lowest BCUT2D eigenvalue weighted by atomic mass is 10.1. The molecule has 0 bridgehead atoms. The summed E-state index contributed by atoms with van der Waals surface area (Å²) < 4.78 is 0. The maximum absolute atomic E-state index is 10.4. The summed E-state index contributed by atoms with van der Waals surface area (Å²) in [7, 11) is 3.52. The van der Waals surface area contributed by atoms with Gasteiger partial charge < -0.3 is 14.8 Å². The molecule has 0 heterocycles. The van der Waals surface area contributed by atoms with Crippen LogP contribution in [-0.4, -0.2) is 30.8 Å². The zero-order valence-corrected chi connectivity index (χ0v) is 9.30. The number of rotatable bonds is 2. The summed E-state index contributed by atoms with van der Waals surface area (Å²) in [6.07, 6.45) is 0. The van der Waals surface area contributed by atoms with Crippen molar-refractivity contribution in [1.29, 1.82) is 5.41 Å². The van der Waals surface area contributed by atoms with E-state index in [4.69, 9.17) is 5.41 Å². The molecule has 0 aliphatic rings. The number of nitrogens with zero attached hydrogens (tertiary/aromatic N) is 1. The van der Waals surface area contributed by atoms with Crippen LogP contribution in [0.1, 0.15) is 15.9 Å². The highest BCUT2D eigenvalue weighted by Gasteiger charge is 2.02. The first-order chi connectivity index (χ1) is 6.52. The molecule has 0 saturated heterocycles. The minimum Gasteiger partial charge on any atom is -0.545 e.